The molecule has 84 valence electrons. The first-order valence-corrected chi connectivity index (χ1v) is 5.78. The van der Waals surface area contributed by atoms with Crippen LogP contribution in [0.4, 0.5) is 0 Å². The Balaban J connectivity index is 2.26. The summed E-state index contributed by atoms with van der Waals surface area (Å²) in [5, 5.41) is 0. The van der Waals surface area contributed by atoms with Crippen molar-refractivity contribution in [1.82, 2.24) is 9.97 Å². The van der Waals surface area contributed by atoms with Crippen LogP contribution in [0.25, 0.3) is 0 Å². The fourth-order valence-corrected chi connectivity index (χ4v) is 1.99. The van der Waals surface area contributed by atoms with Gasteiger partial charge >= 0.3 is 0 Å². The van der Waals surface area contributed by atoms with Crippen molar-refractivity contribution in [2.75, 3.05) is 0 Å². The molecule has 0 fully saturated rings. The first-order chi connectivity index (χ1) is 7.70. The first kappa shape index (κ1) is 10.9. The van der Waals surface area contributed by atoms with Crippen LogP contribution in [0.3, 0.4) is 0 Å². The Morgan fingerprint density at radius 1 is 1.19 bits per heavy atom. The zero-order valence-corrected chi connectivity index (χ0v) is 10.2. The summed E-state index contributed by atoms with van der Waals surface area (Å²) in [6.45, 7) is 6.44. The number of nitrogens with zero attached hydrogens (tertiary/aromatic N) is 1. The average Bonchev–Trinajstić information content (AvgIpc) is 2.71. The number of imidazole rings is 1. The molecule has 0 aliphatic carbocycles. The molecule has 0 radical (unpaired) electrons. The number of aromatic nitrogens is 2. The Morgan fingerprint density at radius 2 is 1.88 bits per heavy atom. The highest BCUT2D eigenvalue weighted by Crippen LogP contribution is 2.17. The lowest BCUT2D eigenvalue weighted by atomic mass is 9.99. The van der Waals surface area contributed by atoms with Gasteiger partial charge < -0.3 is 4.98 Å². The summed E-state index contributed by atoms with van der Waals surface area (Å²) in [7, 11) is 0. The number of aryl methyl sites for hydroxylation is 3. The van der Waals surface area contributed by atoms with Crippen molar-refractivity contribution in [3.05, 3.63) is 52.6 Å². The van der Waals surface area contributed by atoms with Crippen molar-refractivity contribution in [2.45, 2.75) is 33.6 Å². The van der Waals surface area contributed by atoms with Gasteiger partial charge in [0.25, 0.3) is 0 Å². The van der Waals surface area contributed by atoms with Crippen molar-refractivity contribution in [3.8, 4) is 0 Å². The average molecular weight is 214 g/mol. The van der Waals surface area contributed by atoms with E-state index in [9.17, 15) is 0 Å². The normalized spacial score (nSPS) is 10.7. The quantitative estimate of drug-likeness (QED) is 0.835. The zero-order valence-electron chi connectivity index (χ0n) is 10.2. The van der Waals surface area contributed by atoms with Crippen LogP contribution in [0.2, 0.25) is 0 Å². The van der Waals surface area contributed by atoms with E-state index in [4.69, 9.17) is 0 Å². The van der Waals surface area contributed by atoms with Crippen LogP contribution in [0, 0.1) is 13.8 Å². The smallest absolute Gasteiger partial charge is 0.105 e. The van der Waals surface area contributed by atoms with E-state index >= 15 is 0 Å². The van der Waals surface area contributed by atoms with Gasteiger partial charge in [0.1, 0.15) is 5.82 Å². The van der Waals surface area contributed by atoms with Crippen LogP contribution in [-0.2, 0) is 12.8 Å². The molecule has 2 nitrogen and oxygen atoms in total. The maximum Gasteiger partial charge on any atom is 0.105 e. The number of aromatic amines is 1. The number of nitrogens with one attached hydrogen (secondary N) is 1. The first-order valence-electron chi connectivity index (χ1n) is 5.78. The standard InChI is InChI=1S/C14H18N2/c1-4-14-15-9-12(16-14)8-13-10(2)6-5-7-11(13)3/h5-7,9H,4,8H2,1-3H3,(H,15,16). The number of hydrogen-bond acceptors (Lipinski definition) is 1. The molecule has 1 heterocycles. The molecule has 0 atom stereocenters. The second kappa shape index (κ2) is 4.52. The Bertz CT molecular complexity index is 463. The van der Waals surface area contributed by atoms with Crippen LogP contribution < -0.4 is 0 Å². The maximum atomic E-state index is 4.33. The number of benzene rings is 1. The van der Waals surface area contributed by atoms with E-state index in [1.807, 2.05) is 6.20 Å². The van der Waals surface area contributed by atoms with Gasteiger partial charge in [0, 0.05) is 24.7 Å². The molecule has 16 heavy (non-hydrogen) atoms. The molecule has 1 N–H and O–H groups in total. The minimum absolute atomic E-state index is 0.950. The molecule has 0 bridgehead atoms. The molecule has 0 amide bonds. The van der Waals surface area contributed by atoms with Gasteiger partial charge in [-0.05, 0) is 30.5 Å². The highest BCUT2D eigenvalue weighted by molar-refractivity contribution is 5.36. The molecule has 0 aliphatic heterocycles. The molecule has 2 rings (SSSR count). The van der Waals surface area contributed by atoms with Crippen LogP contribution in [-0.4, -0.2) is 9.97 Å². The fraction of sp³-hybridized carbons (Fsp3) is 0.357. The SMILES string of the molecule is CCc1ncc(Cc2c(C)cccc2C)[nH]1. The van der Waals surface area contributed by atoms with Crippen LogP contribution in [0.15, 0.2) is 24.4 Å². The van der Waals surface area contributed by atoms with Crippen molar-refractivity contribution in [3.63, 3.8) is 0 Å². The molecule has 0 saturated carbocycles. The molecular weight excluding hydrogens is 196 g/mol. The van der Waals surface area contributed by atoms with Gasteiger partial charge in [-0.2, -0.15) is 0 Å². The van der Waals surface area contributed by atoms with Crippen molar-refractivity contribution in [1.29, 1.82) is 0 Å². The minimum Gasteiger partial charge on any atom is -0.346 e. The highest BCUT2D eigenvalue weighted by atomic mass is 14.9. The summed E-state index contributed by atoms with van der Waals surface area (Å²) in [5.41, 5.74) is 5.32. The third-order valence-electron chi connectivity index (χ3n) is 3.03. The molecular formula is C14H18N2. The molecule has 0 saturated heterocycles. The second-order valence-electron chi connectivity index (χ2n) is 4.26. The summed E-state index contributed by atoms with van der Waals surface area (Å²) in [6, 6.07) is 6.44. The lowest BCUT2D eigenvalue weighted by Gasteiger charge is -2.07. The summed E-state index contributed by atoms with van der Waals surface area (Å²) < 4.78 is 0. The van der Waals surface area contributed by atoms with Crippen LogP contribution >= 0.6 is 0 Å². The van der Waals surface area contributed by atoms with Gasteiger partial charge in [0.15, 0.2) is 0 Å². The van der Waals surface area contributed by atoms with Gasteiger partial charge in [-0.3, -0.25) is 0 Å². The summed E-state index contributed by atoms with van der Waals surface area (Å²) in [5.74, 6) is 1.07. The van der Waals surface area contributed by atoms with Crippen molar-refractivity contribution < 1.29 is 0 Å². The topological polar surface area (TPSA) is 28.7 Å². The number of rotatable bonds is 3. The third kappa shape index (κ3) is 2.16. The molecule has 0 aliphatic rings. The van der Waals surface area contributed by atoms with Crippen LogP contribution in [0.1, 0.15) is 35.1 Å². The zero-order chi connectivity index (χ0) is 11.5. The predicted octanol–water partition coefficient (Wildman–Crippen LogP) is 3.18. The Kier molecular flexibility index (Phi) is 3.09. The number of H-pyrrole nitrogens is 1. The summed E-state index contributed by atoms with van der Waals surface area (Å²) in [4.78, 5) is 7.69. The van der Waals surface area contributed by atoms with Crippen molar-refractivity contribution in [2.24, 2.45) is 0 Å². The summed E-state index contributed by atoms with van der Waals surface area (Å²) >= 11 is 0. The molecule has 2 heteroatoms. The van der Waals surface area contributed by atoms with Gasteiger partial charge in [-0.25, -0.2) is 4.98 Å². The summed E-state index contributed by atoms with van der Waals surface area (Å²) in [6.07, 6.45) is 3.86. The fourth-order valence-electron chi connectivity index (χ4n) is 1.99. The molecule has 0 unspecified atom stereocenters. The van der Waals surface area contributed by atoms with Gasteiger partial charge in [-0.1, -0.05) is 25.1 Å². The largest absolute Gasteiger partial charge is 0.346 e. The lowest BCUT2D eigenvalue weighted by molar-refractivity contribution is 0.966. The third-order valence-corrected chi connectivity index (χ3v) is 3.03. The molecule has 1 aromatic carbocycles. The second-order valence-corrected chi connectivity index (χ2v) is 4.26. The van der Waals surface area contributed by atoms with Gasteiger partial charge in [-0.15, -0.1) is 0 Å². The monoisotopic (exact) mass is 214 g/mol. The molecule has 0 spiro atoms. The van der Waals surface area contributed by atoms with E-state index in [1.165, 1.54) is 22.4 Å². The highest BCUT2D eigenvalue weighted by Gasteiger charge is 2.05. The maximum absolute atomic E-state index is 4.33. The Hall–Kier alpha value is -1.57. The number of hydrogen-bond donors (Lipinski definition) is 1. The van der Waals surface area contributed by atoms with Gasteiger partial charge in [0.2, 0.25) is 0 Å². The van der Waals surface area contributed by atoms with E-state index in [0.29, 0.717) is 0 Å². The van der Waals surface area contributed by atoms with Crippen LogP contribution in [0.5, 0.6) is 0 Å². The van der Waals surface area contributed by atoms with E-state index in [1.54, 1.807) is 0 Å². The predicted molar refractivity (Wildman–Crippen MR) is 66.7 cm³/mol. The van der Waals surface area contributed by atoms with E-state index in [-0.39, 0.29) is 0 Å². The minimum atomic E-state index is 0.950. The molecule has 1 aromatic heterocycles. The molecule has 2 aromatic rings. The van der Waals surface area contributed by atoms with E-state index in [0.717, 1.165) is 18.7 Å². The van der Waals surface area contributed by atoms with Crippen molar-refractivity contribution >= 4 is 0 Å². The van der Waals surface area contributed by atoms with E-state index < -0.39 is 0 Å². The Labute approximate surface area is 96.7 Å². The Morgan fingerprint density at radius 3 is 2.44 bits per heavy atom. The van der Waals surface area contributed by atoms with E-state index in [2.05, 4.69) is 48.9 Å². The lowest BCUT2D eigenvalue weighted by Crippen LogP contribution is -1.95. The van der Waals surface area contributed by atoms with Gasteiger partial charge in [0.05, 0.1) is 0 Å².